The molecular formula is C21H28FNO3. The zero-order valence-electron chi connectivity index (χ0n) is 16.1. The van der Waals surface area contributed by atoms with Gasteiger partial charge in [0, 0.05) is 24.6 Å². The third kappa shape index (κ3) is 3.44. The molecule has 1 amide bonds. The lowest BCUT2D eigenvalue weighted by molar-refractivity contribution is -0.144. The normalized spacial score (nSPS) is 18.9. The molecule has 4 nitrogen and oxygen atoms in total. The lowest BCUT2D eigenvalue weighted by Crippen LogP contribution is -2.54. The lowest BCUT2D eigenvalue weighted by atomic mass is 9.86. The van der Waals surface area contributed by atoms with Gasteiger partial charge in [-0.1, -0.05) is 27.4 Å². The third-order valence-corrected chi connectivity index (χ3v) is 5.41. The summed E-state index contributed by atoms with van der Waals surface area (Å²) in [5.74, 6) is 1.45. The van der Waals surface area contributed by atoms with Crippen LogP contribution in [0.5, 0.6) is 5.75 Å². The molecule has 1 heterocycles. The molecule has 2 fully saturated rings. The maximum absolute atomic E-state index is 13.6. The molecule has 2 aliphatic rings. The molecule has 26 heavy (non-hydrogen) atoms. The Bertz CT molecular complexity index is 712. The van der Waals surface area contributed by atoms with E-state index >= 15 is 0 Å². The number of carbonyl (C=O) groups excluding carboxylic acids is 1. The molecular weight excluding hydrogens is 333 g/mol. The summed E-state index contributed by atoms with van der Waals surface area (Å²) in [6, 6.07) is 4.66. The number of rotatable bonds is 6. The summed E-state index contributed by atoms with van der Waals surface area (Å²) in [6.45, 7) is 11.9. The van der Waals surface area contributed by atoms with E-state index in [4.69, 9.17) is 9.47 Å². The van der Waals surface area contributed by atoms with E-state index in [2.05, 4.69) is 6.58 Å². The Morgan fingerprint density at radius 2 is 2.00 bits per heavy atom. The van der Waals surface area contributed by atoms with E-state index in [-0.39, 0.29) is 17.1 Å². The number of halogens is 1. The Morgan fingerprint density at radius 3 is 2.54 bits per heavy atom. The van der Waals surface area contributed by atoms with Gasteiger partial charge in [-0.3, -0.25) is 4.79 Å². The van der Waals surface area contributed by atoms with Gasteiger partial charge in [0.2, 0.25) is 5.91 Å². The molecule has 0 aromatic heterocycles. The van der Waals surface area contributed by atoms with Gasteiger partial charge in [-0.15, -0.1) is 0 Å². The second kappa shape index (κ2) is 6.60. The number of methoxy groups -OCH3 is 1. The van der Waals surface area contributed by atoms with Crippen LogP contribution in [0.25, 0.3) is 0 Å². The smallest absolute Gasteiger partial charge is 0.236 e. The van der Waals surface area contributed by atoms with E-state index in [0.717, 1.165) is 24.2 Å². The zero-order valence-corrected chi connectivity index (χ0v) is 16.1. The van der Waals surface area contributed by atoms with Crippen molar-refractivity contribution in [3.05, 3.63) is 41.9 Å². The van der Waals surface area contributed by atoms with Gasteiger partial charge in [-0.25, -0.2) is 4.39 Å². The molecule has 3 rings (SSSR count). The molecule has 1 aromatic rings. The highest BCUT2D eigenvalue weighted by atomic mass is 19.1. The number of amides is 1. The molecule has 0 bridgehead atoms. The van der Waals surface area contributed by atoms with Crippen LogP contribution in [-0.2, 0) is 14.9 Å². The first-order valence-electron chi connectivity index (χ1n) is 9.13. The van der Waals surface area contributed by atoms with Crippen molar-refractivity contribution in [1.29, 1.82) is 0 Å². The molecule has 5 heteroatoms. The van der Waals surface area contributed by atoms with E-state index in [9.17, 15) is 9.18 Å². The predicted molar refractivity (Wildman–Crippen MR) is 98.5 cm³/mol. The number of nitrogens with zero attached hydrogens (tertiary/aromatic N) is 1. The molecule has 0 N–H and O–H groups in total. The lowest BCUT2D eigenvalue weighted by Gasteiger charge is -2.41. The third-order valence-electron chi connectivity index (χ3n) is 5.41. The molecule has 0 spiro atoms. The number of hydrogen-bond acceptors (Lipinski definition) is 3. The van der Waals surface area contributed by atoms with Crippen molar-refractivity contribution in [3.63, 3.8) is 0 Å². The van der Waals surface area contributed by atoms with Gasteiger partial charge >= 0.3 is 0 Å². The average molecular weight is 361 g/mol. The second-order valence-corrected chi connectivity index (χ2v) is 8.49. The SMILES string of the molecule is C=C(OC)C1(C(=O)N2CC(COc3ccc(F)cc3C(C)(C)C)C2)CC1. The Morgan fingerprint density at radius 1 is 1.35 bits per heavy atom. The minimum atomic E-state index is -0.489. The van der Waals surface area contributed by atoms with Crippen LogP contribution in [0.15, 0.2) is 30.5 Å². The number of likely N-dealkylation sites (tertiary alicyclic amines) is 1. The Balaban J connectivity index is 1.55. The zero-order chi connectivity index (χ0) is 19.1. The summed E-state index contributed by atoms with van der Waals surface area (Å²) in [5.41, 5.74) is 0.174. The summed E-state index contributed by atoms with van der Waals surface area (Å²) in [6.07, 6.45) is 1.64. The number of ether oxygens (including phenoxy) is 2. The predicted octanol–water partition coefficient (Wildman–Crippen LogP) is 3.90. The first-order chi connectivity index (χ1) is 12.2. The molecule has 0 unspecified atom stereocenters. The van der Waals surface area contributed by atoms with Crippen LogP contribution in [0, 0.1) is 17.2 Å². The number of hydrogen-bond donors (Lipinski definition) is 0. The van der Waals surface area contributed by atoms with Crippen molar-refractivity contribution in [2.45, 2.75) is 39.0 Å². The van der Waals surface area contributed by atoms with Gasteiger partial charge in [0.05, 0.1) is 13.7 Å². The van der Waals surface area contributed by atoms with Gasteiger partial charge in [0.25, 0.3) is 0 Å². The van der Waals surface area contributed by atoms with Crippen molar-refractivity contribution >= 4 is 5.91 Å². The van der Waals surface area contributed by atoms with Crippen molar-refractivity contribution in [1.82, 2.24) is 4.90 Å². The van der Waals surface area contributed by atoms with Crippen molar-refractivity contribution in [3.8, 4) is 5.75 Å². The van der Waals surface area contributed by atoms with Crippen LogP contribution < -0.4 is 4.74 Å². The minimum absolute atomic E-state index is 0.123. The Kier molecular flexibility index (Phi) is 4.76. The molecule has 142 valence electrons. The van der Waals surface area contributed by atoms with Crippen molar-refractivity contribution in [2.75, 3.05) is 26.8 Å². The summed E-state index contributed by atoms with van der Waals surface area (Å²) >= 11 is 0. The Hall–Kier alpha value is -2.04. The van der Waals surface area contributed by atoms with Crippen LogP contribution in [0.2, 0.25) is 0 Å². The fourth-order valence-corrected chi connectivity index (χ4v) is 3.50. The molecule has 1 saturated heterocycles. The van der Waals surface area contributed by atoms with Gasteiger partial charge < -0.3 is 14.4 Å². The van der Waals surface area contributed by atoms with Crippen LogP contribution in [0.3, 0.4) is 0 Å². The summed E-state index contributed by atoms with van der Waals surface area (Å²) in [4.78, 5) is 14.5. The highest BCUT2D eigenvalue weighted by Crippen LogP contribution is 2.53. The first kappa shape index (κ1) is 18.7. The molecule has 1 aliphatic heterocycles. The highest BCUT2D eigenvalue weighted by molar-refractivity contribution is 5.88. The van der Waals surface area contributed by atoms with Crippen LogP contribution in [-0.4, -0.2) is 37.6 Å². The van der Waals surface area contributed by atoms with Gasteiger partial charge in [-0.05, 0) is 36.5 Å². The van der Waals surface area contributed by atoms with Gasteiger partial charge in [-0.2, -0.15) is 0 Å². The minimum Gasteiger partial charge on any atom is -0.501 e. The topological polar surface area (TPSA) is 38.8 Å². The fourth-order valence-electron chi connectivity index (χ4n) is 3.50. The maximum Gasteiger partial charge on any atom is 0.236 e. The second-order valence-electron chi connectivity index (χ2n) is 8.49. The van der Waals surface area contributed by atoms with Gasteiger partial charge in [0.15, 0.2) is 0 Å². The van der Waals surface area contributed by atoms with E-state index in [1.807, 2.05) is 25.7 Å². The molecule has 0 atom stereocenters. The fraction of sp³-hybridized carbons (Fsp3) is 0.571. The van der Waals surface area contributed by atoms with E-state index in [1.165, 1.54) is 6.07 Å². The van der Waals surface area contributed by atoms with Crippen molar-refractivity contribution < 1.29 is 18.7 Å². The summed E-state index contributed by atoms with van der Waals surface area (Å²) in [5, 5.41) is 0. The van der Waals surface area contributed by atoms with Gasteiger partial charge in [0.1, 0.15) is 22.7 Å². The van der Waals surface area contributed by atoms with Crippen LogP contribution in [0.4, 0.5) is 4.39 Å². The number of benzene rings is 1. The average Bonchev–Trinajstić information content (AvgIpc) is 3.34. The molecule has 1 aliphatic carbocycles. The summed E-state index contributed by atoms with van der Waals surface area (Å²) < 4.78 is 24.8. The van der Waals surface area contributed by atoms with E-state index in [1.54, 1.807) is 19.2 Å². The van der Waals surface area contributed by atoms with Crippen LogP contribution in [0.1, 0.15) is 39.2 Å². The maximum atomic E-state index is 13.6. The first-order valence-corrected chi connectivity index (χ1v) is 9.13. The molecule has 0 radical (unpaired) electrons. The standard InChI is InChI=1S/C21H28FNO3/c1-14(25-5)21(8-9-21)19(24)23-11-15(12-23)13-26-18-7-6-16(22)10-17(18)20(2,3)4/h6-7,10,15H,1,8-9,11-13H2,2-5H3. The summed E-state index contributed by atoms with van der Waals surface area (Å²) in [7, 11) is 1.57. The monoisotopic (exact) mass is 361 g/mol. The van der Waals surface area contributed by atoms with Crippen molar-refractivity contribution in [2.24, 2.45) is 11.3 Å². The quantitative estimate of drug-likeness (QED) is 0.722. The highest BCUT2D eigenvalue weighted by Gasteiger charge is 2.56. The van der Waals surface area contributed by atoms with E-state index < -0.39 is 5.41 Å². The molecule has 1 saturated carbocycles. The Labute approximate surface area is 155 Å². The van der Waals surface area contributed by atoms with E-state index in [0.29, 0.717) is 31.4 Å². The number of carbonyl (C=O) groups is 1. The molecule has 1 aromatic carbocycles. The largest absolute Gasteiger partial charge is 0.501 e. The van der Waals surface area contributed by atoms with Crippen LogP contribution >= 0.6 is 0 Å².